The Morgan fingerprint density at radius 3 is 1.94 bits per heavy atom. The van der Waals surface area contributed by atoms with E-state index in [1.807, 2.05) is 18.2 Å². The van der Waals surface area contributed by atoms with Crippen molar-refractivity contribution in [3.05, 3.63) is 119 Å². The third kappa shape index (κ3) is 5.38. The second kappa shape index (κ2) is 10.7. The van der Waals surface area contributed by atoms with Crippen molar-refractivity contribution in [1.29, 1.82) is 0 Å². The van der Waals surface area contributed by atoms with E-state index in [9.17, 15) is 0 Å². The quantitative estimate of drug-likeness (QED) is 0.251. The molecule has 4 rings (SSSR count). The standard InChI is InChI=1S/C33H35NO/c1-22(2)28-14-10-15-29(23(3)4)33(28)34-32(25-19-17-24(5)18-20-25)27-12-9-11-26(21-27)30-13-7-8-16-31(30)35-6/h7-23H,1-6H3/b34-32-. The van der Waals surface area contributed by atoms with Gasteiger partial charge in [-0.1, -0.05) is 112 Å². The van der Waals surface area contributed by atoms with Gasteiger partial charge in [-0.05, 0) is 47.6 Å². The molecular formula is C33H35NO. The Morgan fingerprint density at radius 1 is 0.686 bits per heavy atom. The number of aliphatic imine (C=N–C) groups is 1. The summed E-state index contributed by atoms with van der Waals surface area (Å²) < 4.78 is 5.65. The van der Waals surface area contributed by atoms with Gasteiger partial charge in [-0.15, -0.1) is 0 Å². The van der Waals surface area contributed by atoms with Crippen molar-refractivity contribution in [3.8, 4) is 16.9 Å². The summed E-state index contributed by atoms with van der Waals surface area (Å²) in [6, 6.07) is 32.1. The molecule has 0 fully saturated rings. The summed E-state index contributed by atoms with van der Waals surface area (Å²) in [4.78, 5) is 5.43. The summed E-state index contributed by atoms with van der Waals surface area (Å²) in [7, 11) is 1.72. The van der Waals surface area contributed by atoms with Crippen LogP contribution in [0.25, 0.3) is 11.1 Å². The highest BCUT2D eigenvalue weighted by Gasteiger charge is 2.17. The van der Waals surface area contributed by atoms with Gasteiger partial charge >= 0.3 is 0 Å². The summed E-state index contributed by atoms with van der Waals surface area (Å²) in [6.45, 7) is 11.1. The molecule has 35 heavy (non-hydrogen) atoms. The zero-order chi connectivity index (χ0) is 24.9. The zero-order valence-electron chi connectivity index (χ0n) is 21.7. The minimum Gasteiger partial charge on any atom is -0.496 e. The van der Waals surface area contributed by atoms with Crippen LogP contribution in [0.3, 0.4) is 0 Å². The van der Waals surface area contributed by atoms with Crippen LogP contribution in [-0.4, -0.2) is 12.8 Å². The molecule has 0 aliphatic heterocycles. The summed E-state index contributed by atoms with van der Waals surface area (Å²) in [5.41, 5.74) is 10.3. The van der Waals surface area contributed by atoms with Crippen LogP contribution in [0.4, 0.5) is 5.69 Å². The molecule has 0 bridgehead atoms. The Hall–Kier alpha value is -3.65. The molecule has 4 aromatic rings. The van der Waals surface area contributed by atoms with Gasteiger partial charge in [0, 0.05) is 16.7 Å². The fourth-order valence-corrected chi connectivity index (χ4v) is 4.48. The van der Waals surface area contributed by atoms with Crippen molar-refractivity contribution in [2.75, 3.05) is 7.11 Å². The molecule has 0 aromatic heterocycles. The van der Waals surface area contributed by atoms with E-state index in [0.29, 0.717) is 11.8 Å². The van der Waals surface area contributed by atoms with Gasteiger partial charge in [0.2, 0.25) is 0 Å². The number of nitrogens with zero attached hydrogens (tertiary/aromatic N) is 1. The molecule has 2 nitrogen and oxygen atoms in total. The van der Waals surface area contributed by atoms with E-state index in [0.717, 1.165) is 39.4 Å². The van der Waals surface area contributed by atoms with E-state index in [1.165, 1.54) is 16.7 Å². The van der Waals surface area contributed by atoms with Crippen LogP contribution < -0.4 is 4.74 Å². The number of aryl methyl sites for hydroxylation is 1. The van der Waals surface area contributed by atoms with Crippen molar-refractivity contribution in [3.63, 3.8) is 0 Å². The minimum absolute atomic E-state index is 0.381. The maximum Gasteiger partial charge on any atom is 0.126 e. The van der Waals surface area contributed by atoms with E-state index in [4.69, 9.17) is 9.73 Å². The highest BCUT2D eigenvalue weighted by molar-refractivity contribution is 6.14. The van der Waals surface area contributed by atoms with Crippen LogP contribution >= 0.6 is 0 Å². The summed E-state index contributed by atoms with van der Waals surface area (Å²) >= 11 is 0. The molecule has 0 spiro atoms. The molecule has 178 valence electrons. The predicted molar refractivity (Wildman–Crippen MR) is 150 cm³/mol. The van der Waals surface area contributed by atoms with Crippen LogP contribution in [-0.2, 0) is 0 Å². The Kier molecular flexibility index (Phi) is 7.51. The number of hydrogen-bond donors (Lipinski definition) is 0. The first-order valence-electron chi connectivity index (χ1n) is 12.4. The summed E-state index contributed by atoms with van der Waals surface area (Å²) in [6.07, 6.45) is 0. The van der Waals surface area contributed by atoms with Crippen LogP contribution in [0.2, 0.25) is 0 Å². The average Bonchev–Trinajstić information content (AvgIpc) is 2.87. The maximum absolute atomic E-state index is 5.65. The maximum atomic E-state index is 5.65. The first-order valence-corrected chi connectivity index (χ1v) is 12.4. The van der Waals surface area contributed by atoms with E-state index in [2.05, 4.69) is 107 Å². The number of rotatable bonds is 7. The normalized spacial score (nSPS) is 11.8. The van der Waals surface area contributed by atoms with Gasteiger partial charge < -0.3 is 4.74 Å². The van der Waals surface area contributed by atoms with Crippen LogP contribution in [0.15, 0.2) is 96.0 Å². The zero-order valence-corrected chi connectivity index (χ0v) is 21.7. The average molecular weight is 462 g/mol. The second-order valence-corrected chi connectivity index (χ2v) is 9.70. The van der Waals surface area contributed by atoms with Gasteiger partial charge in [-0.25, -0.2) is 4.99 Å². The lowest BCUT2D eigenvalue weighted by Crippen LogP contribution is -2.05. The van der Waals surface area contributed by atoms with Crippen molar-refractivity contribution in [2.24, 2.45) is 4.99 Å². The van der Waals surface area contributed by atoms with Gasteiger partial charge in [0.25, 0.3) is 0 Å². The molecule has 0 amide bonds. The third-order valence-electron chi connectivity index (χ3n) is 6.45. The lowest BCUT2D eigenvalue weighted by atomic mass is 9.92. The van der Waals surface area contributed by atoms with Gasteiger partial charge in [0.05, 0.1) is 18.5 Å². The van der Waals surface area contributed by atoms with Gasteiger partial charge in [0.1, 0.15) is 5.75 Å². The third-order valence-corrected chi connectivity index (χ3v) is 6.45. The molecule has 0 saturated carbocycles. The number of para-hydroxylation sites is 2. The molecule has 4 aromatic carbocycles. The van der Waals surface area contributed by atoms with E-state index >= 15 is 0 Å². The SMILES string of the molecule is COc1ccccc1-c1cccc(/C(=N\c2c(C(C)C)cccc2C(C)C)c2ccc(C)cc2)c1. The first-order chi connectivity index (χ1) is 16.9. The number of methoxy groups -OCH3 is 1. The van der Waals surface area contributed by atoms with Crippen molar-refractivity contribution < 1.29 is 4.74 Å². The Bertz CT molecular complexity index is 1300. The Balaban J connectivity index is 1.97. The number of hydrogen-bond acceptors (Lipinski definition) is 2. The van der Waals surface area contributed by atoms with Crippen LogP contribution in [0, 0.1) is 6.92 Å². The van der Waals surface area contributed by atoms with E-state index in [1.54, 1.807) is 7.11 Å². The minimum atomic E-state index is 0.381. The van der Waals surface area contributed by atoms with Crippen LogP contribution in [0.1, 0.15) is 67.3 Å². The van der Waals surface area contributed by atoms with Gasteiger partial charge in [-0.2, -0.15) is 0 Å². The van der Waals surface area contributed by atoms with Crippen LogP contribution in [0.5, 0.6) is 5.75 Å². The second-order valence-electron chi connectivity index (χ2n) is 9.70. The fraction of sp³-hybridized carbons (Fsp3) is 0.242. The van der Waals surface area contributed by atoms with E-state index < -0.39 is 0 Å². The lowest BCUT2D eigenvalue weighted by Gasteiger charge is -2.18. The monoisotopic (exact) mass is 461 g/mol. The van der Waals surface area contributed by atoms with Gasteiger partial charge in [0.15, 0.2) is 0 Å². The molecule has 2 heteroatoms. The molecule has 0 heterocycles. The largest absolute Gasteiger partial charge is 0.496 e. The Labute approximate surface area is 210 Å². The molecule has 0 radical (unpaired) electrons. The van der Waals surface area contributed by atoms with E-state index in [-0.39, 0.29) is 0 Å². The lowest BCUT2D eigenvalue weighted by molar-refractivity contribution is 0.416. The molecular weight excluding hydrogens is 426 g/mol. The first kappa shape index (κ1) is 24.5. The summed E-state index contributed by atoms with van der Waals surface area (Å²) in [5, 5.41) is 0. The summed E-state index contributed by atoms with van der Waals surface area (Å²) in [5.74, 6) is 1.63. The molecule has 0 N–H and O–H groups in total. The fourth-order valence-electron chi connectivity index (χ4n) is 4.48. The highest BCUT2D eigenvalue weighted by atomic mass is 16.5. The smallest absolute Gasteiger partial charge is 0.126 e. The molecule has 0 unspecified atom stereocenters. The molecule has 0 aliphatic rings. The molecule has 0 saturated heterocycles. The topological polar surface area (TPSA) is 21.6 Å². The molecule has 0 atom stereocenters. The van der Waals surface area contributed by atoms with Crippen molar-refractivity contribution in [2.45, 2.75) is 46.5 Å². The van der Waals surface area contributed by atoms with Crippen molar-refractivity contribution in [1.82, 2.24) is 0 Å². The molecule has 0 aliphatic carbocycles. The highest BCUT2D eigenvalue weighted by Crippen LogP contribution is 2.36. The number of ether oxygens (including phenoxy) is 1. The predicted octanol–water partition coefficient (Wildman–Crippen LogP) is 9.09. The van der Waals surface area contributed by atoms with Gasteiger partial charge in [-0.3, -0.25) is 0 Å². The number of benzene rings is 4. The Morgan fingerprint density at radius 2 is 1.31 bits per heavy atom. The van der Waals surface area contributed by atoms with Crippen molar-refractivity contribution >= 4 is 11.4 Å².